The number of rotatable bonds is 6. The third kappa shape index (κ3) is 3.76. The number of ether oxygens (including phenoxy) is 2. The van der Waals surface area contributed by atoms with Crippen molar-refractivity contribution in [3.05, 3.63) is 108 Å². The summed E-state index contributed by atoms with van der Waals surface area (Å²) in [6.07, 6.45) is -0.603. The fraction of sp³-hybridized carbons (Fsp3) is 0.269. The van der Waals surface area contributed by atoms with Gasteiger partial charge in [0.1, 0.15) is 0 Å². The van der Waals surface area contributed by atoms with Gasteiger partial charge in [0.25, 0.3) is 0 Å². The fourth-order valence-electron chi connectivity index (χ4n) is 4.42. The summed E-state index contributed by atoms with van der Waals surface area (Å²) in [6.45, 7) is 3.80. The monoisotopic (exact) mass is 401 g/mol. The highest BCUT2D eigenvalue weighted by Crippen LogP contribution is 2.43. The number of hydrogen-bond acceptors (Lipinski definition) is 4. The molecule has 0 bridgehead atoms. The van der Waals surface area contributed by atoms with Gasteiger partial charge in [-0.05, 0) is 23.6 Å². The SMILES string of the molecule is CCOC(=O)C1CN(C(c2ccccc2)(c2ccccc2)c2ccccc2)CCO1. The number of carbonyl (C=O) groups excluding carboxylic acids is 1. The smallest absolute Gasteiger partial charge is 0.336 e. The predicted molar refractivity (Wildman–Crippen MR) is 117 cm³/mol. The maximum atomic E-state index is 12.5. The van der Waals surface area contributed by atoms with Crippen LogP contribution in [0.1, 0.15) is 23.6 Å². The molecule has 4 heteroatoms. The molecule has 1 atom stereocenters. The second-order valence-electron chi connectivity index (χ2n) is 7.37. The molecule has 0 spiro atoms. The first-order valence-electron chi connectivity index (χ1n) is 10.5. The molecule has 1 unspecified atom stereocenters. The largest absolute Gasteiger partial charge is 0.464 e. The molecule has 0 N–H and O–H groups in total. The van der Waals surface area contributed by atoms with Crippen LogP contribution in [-0.2, 0) is 19.8 Å². The Morgan fingerprint density at radius 3 is 1.80 bits per heavy atom. The zero-order valence-electron chi connectivity index (χ0n) is 17.2. The van der Waals surface area contributed by atoms with Gasteiger partial charge in [0, 0.05) is 13.1 Å². The van der Waals surface area contributed by atoms with Crippen molar-refractivity contribution in [2.75, 3.05) is 26.3 Å². The van der Waals surface area contributed by atoms with Gasteiger partial charge in [-0.25, -0.2) is 4.79 Å². The van der Waals surface area contributed by atoms with Gasteiger partial charge in [-0.3, -0.25) is 4.90 Å². The van der Waals surface area contributed by atoms with Gasteiger partial charge < -0.3 is 9.47 Å². The number of esters is 1. The van der Waals surface area contributed by atoms with Gasteiger partial charge in [-0.15, -0.1) is 0 Å². The van der Waals surface area contributed by atoms with E-state index in [0.29, 0.717) is 26.3 Å². The van der Waals surface area contributed by atoms with Gasteiger partial charge in [-0.2, -0.15) is 0 Å². The molecule has 0 aliphatic carbocycles. The number of hydrogen-bond donors (Lipinski definition) is 0. The Kier molecular flexibility index (Phi) is 6.26. The van der Waals surface area contributed by atoms with Gasteiger partial charge >= 0.3 is 5.97 Å². The van der Waals surface area contributed by atoms with E-state index in [1.54, 1.807) is 0 Å². The van der Waals surface area contributed by atoms with Crippen LogP contribution >= 0.6 is 0 Å². The maximum Gasteiger partial charge on any atom is 0.336 e. The highest BCUT2D eigenvalue weighted by atomic mass is 16.6. The summed E-state index contributed by atoms with van der Waals surface area (Å²) in [6, 6.07) is 31.5. The van der Waals surface area contributed by atoms with Crippen LogP contribution in [0.15, 0.2) is 91.0 Å². The highest BCUT2D eigenvalue weighted by Gasteiger charge is 2.45. The lowest BCUT2D eigenvalue weighted by atomic mass is 9.75. The average Bonchev–Trinajstić information content (AvgIpc) is 2.82. The van der Waals surface area contributed by atoms with E-state index in [9.17, 15) is 4.79 Å². The molecule has 1 saturated heterocycles. The Morgan fingerprint density at radius 2 is 1.37 bits per heavy atom. The third-order valence-electron chi connectivity index (χ3n) is 5.66. The molecule has 1 aliphatic heterocycles. The maximum absolute atomic E-state index is 12.5. The van der Waals surface area contributed by atoms with Gasteiger partial charge in [0.05, 0.1) is 18.8 Å². The fourth-order valence-corrected chi connectivity index (χ4v) is 4.42. The van der Waals surface area contributed by atoms with Gasteiger partial charge in [-0.1, -0.05) is 91.0 Å². The summed E-state index contributed by atoms with van der Waals surface area (Å²) < 4.78 is 11.1. The number of benzene rings is 3. The zero-order valence-corrected chi connectivity index (χ0v) is 17.2. The first-order chi connectivity index (χ1) is 14.8. The Balaban J connectivity index is 1.90. The van der Waals surface area contributed by atoms with Crippen LogP contribution in [0.25, 0.3) is 0 Å². The number of carbonyl (C=O) groups is 1. The Morgan fingerprint density at radius 1 is 0.900 bits per heavy atom. The molecule has 1 aliphatic rings. The summed E-state index contributed by atoms with van der Waals surface area (Å²) >= 11 is 0. The van der Waals surface area contributed by atoms with Crippen LogP contribution in [0.3, 0.4) is 0 Å². The third-order valence-corrected chi connectivity index (χ3v) is 5.66. The summed E-state index contributed by atoms with van der Waals surface area (Å²) in [5, 5.41) is 0. The van der Waals surface area contributed by atoms with Crippen molar-refractivity contribution in [3.8, 4) is 0 Å². The normalized spacial score (nSPS) is 17.4. The zero-order chi connectivity index (χ0) is 20.8. The summed E-state index contributed by atoms with van der Waals surface area (Å²) in [5.41, 5.74) is 2.93. The Labute approximate surface area is 178 Å². The molecule has 154 valence electrons. The van der Waals surface area contributed by atoms with Crippen LogP contribution in [0.4, 0.5) is 0 Å². The van der Waals surface area contributed by atoms with E-state index >= 15 is 0 Å². The van der Waals surface area contributed by atoms with Crippen LogP contribution in [0.5, 0.6) is 0 Å². The molecule has 0 saturated carbocycles. The molecule has 4 rings (SSSR count). The molecule has 3 aromatic carbocycles. The molecule has 30 heavy (non-hydrogen) atoms. The Bertz CT molecular complexity index is 847. The number of nitrogens with zero attached hydrogens (tertiary/aromatic N) is 1. The summed E-state index contributed by atoms with van der Waals surface area (Å²) in [7, 11) is 0. The second-order valence-corrected chi connectivity index (χ2v) is 7.37. The minimum absolute atomic E-state index is 0.301. The molecular formula is C26H27NO3. The lowest BCUT2D eigenvalue weighted by Crippen LogP contribution is -2.56. The minimum Gasteiger partial charge on any atom is -0.464 e. The van der Waals surface area contributed by atoms with Crippen molar-refractivity contribution in [3.63, 3.8) is 0 Å². The molecule has 4 nitrogen and oxygen atoms in total. The van der Waals surface area contributed by atoms with Crippen LogP contribution < -0.4 is 0 Å². The lowest BCUT2D eigenvalue weighted by Gasteiger charge is -2.48. The van der Waals surface area contributed by atoms with E-state index in [1.807, 2.05) is 25.1 Å². The Hall–Kier alpha value is -2.95. The lowest BCUT2D eigenvalue weighted by molar-refractivity contribution is -0.164. The molecule has 1 heterocycles. The summed E-state index contributed by atoms with van der Waals surface area (Å²) in [4.78, 5) is 14.9. The number of morpholine rings is 1. The first kappa shape index (κ1) is 20.3. The molecule has 0 radical (unpaired) electrons. The molecule has 3 aromatic rings. The summed E-state index contributed by atoms with van der Waals surface area (Å²) in [5.74, 6) is -0.301. The molecule has 0 aromatic heterocycles. The second kappa shape index (κ2) is 9.24. The van der Waals surface area contributed by atoms with Crippen molar-refractivity contribution >= 4 is 5.97 Å². The van der Waals surface area contributed by atoms with Crippen LogP contribution in [0, 0.1) is 0 Å². The van der Waals surface area contributed by atoms with Crippen molar-refractivity contribution < 1.29 is 14.3 Å². The first-order valence-corrected chi connectivity index (χ1v) is 10.5. The topological polar surface area (TPSA) is 38.8 Å². The molecule has 0 amide bonds. The predicted octanol–water partition coefficient (Wildman–Crippen LogP) is 4.24. The van der Waals surface area contributed by atoms with E-state index < -0.39 is 11.6 Å². The standard InChI is InChI=1S/C26H27NO3/c1-2-29-25(28)24-20-27(18-19-30-24)26(21-12-6-3-7-13-21,22-14-8-4-9-15-22)23-16-10-5-11-17-23/h3-17,24H,2,18-20H2,1H3. The van der Waals surface area contributed by atoms with Crippen molar-refractivity contribution in [1.29, 1.82) is 0 Å². The van der Waals surface area contributed by atoms with Crippen LogP contribution in [0.2, 0.25) is 0 Å². The molecule has 1 fully saturated rings. The van der Waals surface area contributed by atoms with Gasteiger partial charge in [0.2, 0.25) is 0 Å². The van der Waals surface area contributed by atoms with E-state index in [2.05, 4.69) is 77.7 Å². The van der Waals surface area contributed by atoms with E-state index in [1.165, 1.54) is 0 Å². The van der Waals surface area contributed by atoms with Crippen molar-refractivity contribution in [2.24, 2.45) is 0 Å². The molecular weight excluding hydrogens is 374 g/mol. The van der Waals surface area contributed by atoms with Crippen molar-refractivity contribution in [2.45, 2.75) is 18.6 Å². The van der Waals surface area contributed by atoms with Crippen molar-refractivity contribution in [1.82, 2.24) is 4.90 Å². The highest BCUT2D eigenvalue weighted by molar-refractivity contribution is 5.75. The average molecular weight is 402 g/mol. The van der Waals surface area contributed by atoms with E-state index in [4.69, 9.17) is 9.47 Å². The van der Waals surface area contributed by atoms with Gasteiger partial charge in [0.15, 0.2) is 6.10 Å². The van der Waals surface area contributed by atoms with E-state index in [-0.39, 0.29) is 5.97 Å². The minimum atomic E-state index is -0.603. The van der Waals surface area contributed by atoms with Crippen LogP contribution in [-0.4, -0.2) is 43.3 Å². The quantitative estimate of drug-likeness (QED) is 0.457. The van der Waals surface area contributed by atoms with E-state index in [0.717, 1.165) is 16.7 Å².